The van der Waals surface area contributed by atoms with E-state index >= 15 is 0 Å². The van der Waals surface area contributed by atoms with Crippen LogP contribution in [0, 0.1) is 23.2 Å². The third-order valence-corrected chi connectivity index (χ3v) is 3.52. The number of thioether (sulfide) groups is 1. The second kappa shape index (κ2) is 7.33. The van der Waals surface area contributed by atoms with Gasteiger partial charge in [-0.2, -0.15) is 22.0 Å². The zero-order chi connectivity index (χ0) is 12.7. The summed E-state index contributed by atoms with van der Waals surface area (Å²) in [6.45, 7) is 6.40. The Bertz CT molecular complexity index is 370. The molecule has 0 aromatic carbocycles. The Hall–Kier alpha value is -1.02. The summed E-state index contributed by atoms with van der Waals surface area (Å²) < 4.78 is 5.16. The molecular formula is C12H19N3OS. The molecule has 0 saturated carbocycles. The zero-order valence-electron chi connectivity index (χ0n) is 10.6. The van der Waals surface area contributed by atoms with Crippen molar-refractivity contribution in [1.82, 2.24) is 10.1 Å². The van der Waals surface area contributed by atoms with Crippen molar-refractivity contribution < 1.29 is 4.52 Å². The van der Waals surface area contributed by atoms with Crippen molar-refractivity contribution in [3.8, 4) is 6.07 Å². The summed E-state index contributed by atoms with van der Waals surface area (Å²) in [7, 11) is 0. The van der Waals surface area contributed by atoms with Gasteiger partial charge in [0.15, 0.2) is 5.82 Å². The molecule has 0 aliphatic rings. The molecule has 0 bridgehead atoms. The van der Waals surface area contributed by atoms with Gasteiger partial charge in [0, 0.05) is 12.8 Å². The summed E-state index contributed by atoms with van der Waals surface area (Å²) in [4.78, 5) is 4.32. The maximum absolute atomic E-state index is 8.57. The maximum atomic E-state index is 8.57. The molecule has 4 nitrogen and oxygen atoms in total. The van der Waals surface area contributed by atoms with E-state index in [0.717, 1.165) is 17.3 Å². The van der Waals surface area contributed by atoms with Crippen LogP contribution in [-0.2, 0) is 12.2 Å². The van der Waals surface area contributed by atoms with E-state index in [1.54, 1.807) is 0 Å². The molecule has 0 saturated heterocycles. The lowest BCUT2D eigenvalue weighted by Crippen LogP contribution is -1.99. The first-order valence-corrected chi connectivity index (χ1v) is 7.03. The highest BCUT2D eigenvalue weighted by atomic mass is 32.2. The molecule has 0 aliphatic carbocycles. The van der Waals surface area contributed by atoms with Gasteiger partial charge in [-0.25, -0.2) is 0 Å². The summed E-state index contributed by atoms with van der Waals surface area (Å²) in [5, 5.41) is 12.5. The second-order valence-electron chi connectivity index (χ2n) is 4.68. The number of nitrogens with zero attached hydrogens (tertiary/aromatic N) is 3. The van der Waals surface area contributed by atoms with Gasteiger partial charge in [-0.15, -0.1) is 0 Å². The van der Waals surface area contributed by atoms with Gasteiger partial charge in [0.2, 0.25) is 5.89 Å². The van der Waals surface area contributed by atoms with E-state index < -0.39 is 0 Å². The van der Waals surface area contributed by atoms with Crippen LogP contribution < -0.4 is 0 Å². The van der Waals surface area contributed by atoms with E-state index in [-0.39, 0.29) is 5.92 Å². The molecule has 0 fully saturated rings. The van der Waals surface area contributed by atoms with Gasteiger partial charge in [-0.3, -0.25) is 0 Å². The number of hydrogen-bond donors (Lipinski definition) is 0. The van der Waals surface area contributed by atoms with Crippen LogP contribution in [0.25, 0.3) is 0 Å². The molecule has 0 aliphatic heterocycles. The standard InChI is InChI=1S/C12H19N3OS/c1-9(2)7-17-8-11-14-12(16-15-11)6-10(3)4-5-13/h9-10H,4,6-8H2,1-3H3. The van der Waals surface area contributed by atoms with Crippen LogP contribution in [0.3, 0.4) is 0 Å². The molecular weight excluding hydrogens is 234 g/mol. The Morgan fingerprint density at radius 2 is 2.18 bits per heavy atom. The summed E-state index contributed by atoms with van der Waals surface area (Å²) in [5.41, 5.74) is 0. The molecule has 1 aromatic heterocycles. The SMILES string of the molecule is CC(C)CSCc1noc(CC(C)CC#N)n1. The fraction of sp³-hybridized carbons (Fsp3) is 0.750. The Morgan fingerprint density at radius 1 is 1.41 bits per heavy atom. The maximum Gasteiger partial charge on any atom is 0.226 e. The highest BCUT2D eigenvalue weighted by molar-refractivity contribution is 7.98. The average molecular weight is 253 g/mol. The van der Waals surface area contributed by atoms with Crippen LogP contribution in [-0.4, -0.2) is 15.9 Å². The van der Waals surface area contributed by atoms with E-state index in [9.17, 15) is 0 Å². The first-order chi connectivity index (χ1) is 8.11. The number of rotatable bonds is 7. The van der Waals surface area contributed by atoms with Gasteiger partial charge >= 0.3 is 0 Å². The van der Waals surface area contributed by atoms with E-state index in [4.69, 9.17) is 9.78 Å². The summed E-state index contributed by atoms with van der Waals surface area (Å²) in [6, 6.07) is 2.15. The third kappa shape index (κ3) is 5.73. The molecule has 17 heavy (non-hydrogen) atoms. The van der Waals surface area contributed by atoms with Crippen LogP contribution in [0.1, 0.15) is 38.9 Å². The van der Waals surface area contributed by atoms with Gasteiger partial charge < -0.3 is 4.52 Å². The van der Waals surface area contributed by atoms with E-state index in [2.05, 4.69) is 30.1 Å². The van der Waals surface area contributed by atoms with Gasteiger partial charge in [-0.1, -0.05) is 25.9 Å². The quantitative estimate of drug-likeness (QED) is 0.747. The second-order valence-corrected chi connectivity index (χ2v) is 5.72. The summed E-state index contributed by atoms with van der Waals surface area (Å²) >= 11 is 1.82. The molecule has 1 heterocycles. The lowest BCUT2D eigenvalue weighted by atomic mass is 10.1. The molecule has 0 spiro atoms. The Labute approximate surface area is 107 Å². The number of hydrogen-bond acceptors (Lipinski definition) is 5. The minimum Gasteiger partial charge on any atom is -0.339 e. The molecule has 0 N–H and O–H groups in total. The predicted octanol–water partition coefficient (Wildman–Crippen LogP) is 3.05. The van der Waals surface area contributed by atoms with Crippen molar-refractivity contribution in [2.75, 3.05) is 5.75 Å². The van der Waals surface area contributed by atoms with Crippen LogP contribution in [0.15, 0.2) is 4.52 Å². The molecule has 1 unspecified atom stereocenters. The monoisotopic (exact) mass is 253 g/mol. The predicted molar refractivity (Wildman–Crippen MR) is 68.4 cm³/mol. The topological polar surface area (TPSA) is 62.7 Å². The van der Waals surface area contributed by atoms with Crippen molar-refractivity contribution in [2.45, 2.75) is 39.4 Å². The van der Waals surface area contributed by atoms with E-state index in [0.29, 0.717) is 24.7 Å². The Balaban J connectivity index is 2.35. The molecule has 0 radical (unpaired) electrons. The van der Waals surface area contributed by atoms with Gasteiger partial charge in [0.05, 0.1) is 11.8 Å². The fourth-order valence-corrected chi connectivity index (χ4v) is 2.23. The molecule has 1 atom stereocenters. The third-order valence-electron chi connectivity index (χ3n) is 2.16. The highest BCUT2D eigenvalue weighted by Gasteiger charge is 2.10. The normalized spacial score (nSPS) is 12.6. The van der Waals surface area contributed by atoms with Crippen LogP contribution in [0.4, 0.5) is 0 Å². The van der Waals surface area contributed by atoms with E-state index in [1.165, 1.54) is 0 Å². The Kier molecular flexibility index (Phi) is 6.06. The molecule has 1 rings (SSSR count). The van der Waals surface area contributed by atoms with Crippen LogP contribution in [0.2, 0.25) is 0 Å². The van der Waals surface area contributed by atoms with Crippen molar-refractivity contribution in [3.05, 3.63) is 11.7 Å². The number of nitriles is 1. The fourth-order valence-electron chi connectivity index (χ4n) is 1.34. The van der Waals surface area contributed by atoms with Gasteiger partial charge in [0.1, 0.15) is 0 Å². The van der Waals surface area contributed by atoms with E-state index in [1.807, 2.05) is 18.7 Å². The zero-order valence-corrected chi connectivity index (χ0v) is 11.5. The van der Waals surface area contributed by atoms with Crippen LogP contribution >= 0.6 is 11.8 Å². The smallest absolute Gasteiger partial charge is 0.226 e. The Morgan fingerprint density at radius 3 is 2.82 bits per heavy atom. The van der Waals surface area contributed by atoms with Crippen LogP contribution in [0.5, 0.6) is 0 Å². The summed E-state index contributed by atoms with van der Waals surface area (Å²) in [5.74, 6) is 4.27. The van der Waals surface area contributed by atoms with Crippen molar-refractivity contribution >= 4 is 11.8 Å². The largest absolute Gasteiger partial charge is 0.339 e. The molecule has 94 valence electrons. The minimum absolute atomic E-state index is 0.275. The number of aromatic nitrogens is 2. The average Bonchev–Trinajstić information content (AvgIpc) is 2.65. The van der Waals surface area contributed by atoms with Gasteiger partial charge in [0.25, 0.3) is 0 Å². The van der Waals surface area contributed by atoms with Crippen molar-refractivity contribution in [2.24, 2.45) is 11.8 Å². The molecule has 5 heteroatoms. The first kappa shape index (κ1) is 14.0. The van der Waals surface area contributed by atoms with Gasteiger partial charge in [-0.05, 0) is 17.6 Å². The van der Waals surface area contributed by atoms with Crippen molar-refractivity contribution in [1.29, 1.82) is 5.26 Å². The summed E-state index contributed by atoms with van der Waals surface area (Å²) in [6.07, 6.45) is 1.22. The lowest BCUT2D eigenvalue weighted by Gasteiger charge is -2.01. The highest BCUT2D eigenvalue weighted by Crippen LogP contribution is 2.15. The van der Waals surface area contributed by atoms with Crippen molar-refractivity contribution in [3.63, 3.8) is 0 Å². The molecule has 0 amide bonds. The first-order valence-electron chi connectivity index (χ1n) is 5.88. The lowest BCUT2D eigenvalue weighted by molar-refractivity contribution is 0.356. The molecule has 1 aromatic rings. The minimum atomic E-state index is 0.275.